The number of aromatic nitrogens is 1. The van der Waals surface area contributed by atoms with Crippen LogP contribution >= 0.6 is 0 Å². The normalized spacial score (nSPS) is 18.4. The summed E-state index contributed by atoms with van der Waals surface area (Å²) in [6.07, 6.45) is 9.19. The van der Waals surface area contributed by atoms with Crippen LogP contribution in [0, 0.1) is 0 Å². The molecule has 1 N–H and O–H groups in total. The van der Waals surface area contributed by atoms with Gasteiger partial charge < -0.3 is 9.88 Å². The van der Waals surface area contributed by atoms with Crippen LogP contribution < -0.4 is 10.9 Å². The van der Waals surface area contributed by atoms with Crippen LogP contribution in [-0.4, -0.2) is 10.6 Å². The van der Waals surface area contributed by atoms with Crippen molar-refractivity contribution in [2.24, 2.45) is 0 Å². The molecule has 1 atom stereocenters. The van der Waals surface area contributed by atoms with Gasteiger partial charge in [0.25, 0.3) is 5.56 Å². The van der Waals surface area contributed by atoms with Gasteiger partial charge in [-0.05, 0) is 32.3 Å². The fourth-order valence-electron chi connectivity index (χ4n) is 2.77. The fourth-order valence-corrected chi connectivity index (χ4v) is 2.77. The lowest BCUT2D eigenvalue weighted by Gasteiger charge is -2.24. The molecule has 1 aromatic heterocycles. The SMILES string of the molecule is CCC(C)NCc1cccn(C2CCCCC2)c1=O. The van der Waals surface area contributed by atoms with Crippen molar-refractivity contribution in [3.05, 3.63) is 34.2 Å². The minimum absolute atomic E-state index is 0.199. The Balaban J connectivity index is 2.11. The van der Waals surface area contributed by atoms with E-state index >= 15 is 0 Å². The maximum atomic E-state index is 12.5. The average molecular weight is 262 g/mol. The molecule has 0 aliphatic heterocycles. The zero-order valence-electron chi connectivity index (χ0n) is 12.2. The molecule has 1 fully saturated rings. The molecule has 1 aliphatic carbocycles. The van der Waals surface area contributed by atoms with Crippen molar-refractivity contribution in [1.82, 2.24) is 9.88 Å². The third kappa shape index (κ3) is 3.69. The van der Waals surface area contributed by atoms with Gasteiger partial charge in [-0.1, -0.05) is 32.3 Å². The molecular formula is C16H26N2O. The van der Waals surface area contributed by atoms with Crippen LogP contribution in [0.15, 0.2) is 23.1 Å². The Hall–Kier alpha value is -1.09. The molecule has 1 aliphatic rings. The minimum atomic E-state index is 0.199. The van der Waals surface area contributed by atoms with E-state index in [1.54, 1.807) is 0 Å². The van der Waals surface area contributed by atoms with E-state index in [1.165, 1.54) is 19.3 Å². The average Bonchev–Trinajstić information content (AvgIpc) is 2.46. The van der Waals surface area contributed by atoms with Crippen molar-refractivity contribution in [2.75, 3.05) is 0 Å². The molecule has 0 spiro atoms. The van der Waals surface area contributed by atoms with E-state index in [1.807, 2.05) is 22.9 Å². The fraction of sp³-hybridized carbons (Fsp3) is 0.688. The van der Waals surface area contributed by atoms with Gasteiger partial charge in [0.05, 0.1) is 0 Å². The van der Waals surface area contributed by atoms with E-state index in [2.05, 4.69) is 19.2 Å². The summed E-state index contributed by atoms with van der Waals surface area (Å²) in [6.45, 7) is 4.99. The third-order valence-electron chi connectivity index (χ3n) is 4.27. The number of hydrogen-bond donors (Lipinski definition) is 1. The molecule has 0 radical (unpaired) electrons. The molecule has 0 amide bonds. The molecule has 106 valence electrons. The van der Waals surface area contributed by atoms with Gasteiger partial charge in [0, 0.05) is 30.4 Å². The highest BCUT2D eigenvalue weighted by Gasteiger charge is 2.17. The molecule has 1 saturated carbocycles. The summed E-state index contributed by atoms with van der Waals surface area (Å²) in [7, 11) is 0. The van der Waals surface area contributed by atoms with Crippen molar-refractivity contribution < 1.29 is 0 Å². The molecule has 0 aromatic carbocycles. The summed E-state index contributed by atoms with van der Waals surface area (Å²) in [5, 5.41) is 3.41. The van der Waals surface area contributed by atoms with Crippen LogP contribution in [0.5, 0.6) is 0 Å². The molecular weight excluding hydrogens is 236 g/mol. The molecule has 2 rings (SSSR count). The summed E-state index contributed by atoms with van der Waals surface area (Å²) < 4.78 is 1.97. The van der Waals surface area contributed by atoms with Gasteiger partial charge in [0.2, 0.25) is 0 Å². The van der Waals surface area contributed by atoms with Gasteiger partial charge in [-0.15, -0.1) is 0 Å². The predicted molar refractivity (Wildman–Crippen MR) is 79.4 cm³/mol. The lowest BCUT2D eigenvalue weighted by molar-refractivity contribution is 0.344. The lowest BCUT2D eigenvalue weighted by atomic mass is 9.95. The predicted octanol–water partition coefficient (Wildman–Crippen LogP) is 3.24. The van der Waals surface area contributed by atoms with Crippen LogP contribution in [0.2, 0.25) is 0 Å². The van der Waals surface area contributed by atoms with Gasteiger partial charge in [0.15, 0.2) is 0 Å². The van der Waals surface area contributed by atoms with Crippen molar-refractivity contribution in [1.29, 1.82) is 0 Å². The van der Waals surface area contributed by atoms with Gasteiger partial charge in [-0.3, -0.25) is 4.79 Å². The van der Waals surface area contributed by atoms with Gasteiger partial charge in [-0.25, -0.2) is 0 Å². The van der Waals surface area contributed by atoms with Gasteiger partial charge in [0.1, 0.15) is 0 Å². The topological polar surface area (TPSA) is 34.0 Å². The first-order valence-electron chi connectivity index (χ1n) is 7.65. The maximum Gasteiger partial charge on any atom is 0.255 e. The summed E-state index contributed by atoms with van der Waals surface area (Å²) in [5.41, 5.74) is 1.10. The monoisotopic (exact) mass is 262 g/mol. The largest absolute Gasteiger partial charge is 0.312 e. The van der Waals surface area contributed by atoms with E-state index in [0.29, 0.717) is 18.6 Å². The number of rotatable bonds is 5. The second-order valence-corrected chi connectivity index (χ2v) is 5.73. The van der Waals surface area contributed by atoms with Crippen molar-refractivity contribution in [3.8, 4) is 0 Å². The van der Waals surface area contributed by atoms with E-state index in [-0.39, 0.29) is 5.56 Å². The Morgan fingerprint density at radius 3 is 2.79 bits per heavy atom. The van der Waals surface area contributed by atoms with E-state index in [0.717, 1.165) is 24.8 Å². The standard InChI is InChI=1S/C16H26N2O/c1-3-13(2)17-12-14-8-7-11-18(16(14)19)15-9-5-4-6-10-15/h7-8,11,13,15,17H,3-6,9-10,12H2,1-2H3. The van der Waals surface area contributed by atoms with Crippen molar-refractivity contribution >= 4 is 0 Å². The molecule has 3 nitrogen and oxygen atoms in total. The summed E-state index contributed by atoms with van der Waals surface area (Å²) in [5.74, 6) is 0. The summed E-state index contributed by atoms with van der Waals surface area (Å²) in [4.78, 5) is 12.5. The second kappa shape index (κ2) is 6.90. The van der Waals surface area contributed by atoms with E-state index in [9.17, 15) is 4.79 Å². The highest BCUT2D eigenvalue weighted by Crippen LogP contribution is 2.26. The zero-order chi connectivity index (χ0) is 13.7. The number of nitrogens with zero attached hydrogens (tertiary/aromatic N) is 1. The summed E-state index contributed by atoms with van der Waals surface area (Å²) in [6, 6.07) is 4.85. The first-order chi connectivity index (χ1) is 9.22. The quantitative estimate of drug-likeness (QED) is 0.884. The number of nitrogens with one attached hydrogen (secondary N) is 1. The zero-order valence-corrected chi connectivity index (χ0v) is 12.2. The molecule has 1 heterocycles. The lowest BCUT2D eigenvalue weighted by Crippen LogP contribution is -2.32. The van der Waals surface area contributed by atoms with Gasteiger partial charge >= 0.3 is 0 Å². The third-order valence-corrected chi connectivity index (χ3v) is 4.27. The van der Waals surface area contributed by atoms with Crippen LogP contribution in [-0.2, 0) is 6.54 Å². The molecule has 0 saturated heterocycles. The molecule has 1 aromatic rings. The van der Waals surface area contributed by atoms with Crippen LogP contribution in [0.3, 0.4) is 0 Å². The second-order valence-electron chi connectivity index (χ2n) is 5.73. The highest BCUT2D eigenvalue weighted by molar-refractivity contribution is 5.11. The smallest absolute Gasteiger partial charge is 0.255 e. The number of hydrogen-bond acceptors (Lipinski definition) is 2. The van der Waals surface area contributed by atoms with Crippen LogP contribution in [0.4, 0.5) is 0 Å². The first kappa shape index (κ1) is 14.3. The Bertz CT molecular complexity index is 446. The molecule has 19 heavy (non-hydrogen) atoms. The number of pyridine rings is 1. The summed E-state index contributed by atoms with van der Waals surface area (Å²) >= 11 is 0. The first-order valence-corrected chi connectivity index (χ1v) is 7.65. The Morgan fingerprint density at radius 2 is 2.11 bits per heavy atom. The van der Waals surface area contributed by atoms with Crippen molar-refractivity contribution in [2.45, 2.75) is 71.0 Å². The van der Waals surface area contributed by atoms with Crippen LogP contribution in [0.25, 0.3) is 0 Å². The molecule has 1 unspecified atom stereocenters. The van der Waals surface area contributed by atoms with Gasteiger partial charge in [-0.2, -0.15) is 0 Å². The Morgan fingerprint density at radius 1 is 1.37 bits per heavy atom. The Labute approximate surface area is 116 Å². The van der Waals surface area contributed by atoms with Crippen molar-refractivity contribution in [3.63, 3.8) is 0 Å². The Kier molecular flexibility index (Phi) is 5.20. The minimum Gasteiger partial charge on any atom is -0.312 e. The van der Waals surface area contributed by atoms with E-state index < -0.39 is 0 Å². The maximum absolute atomic E-state index is 12.5. The molecule has 3 heteroatoms. The highest BCUT2D eigenvalue weighted by atomic mass is 16.1. The molecule has 0 bridgehead atoms. The van der Waals surface area contributed by atoms with E-state index in [4.69, 9.17) is 0 Å². The van der Waals surface area contributed by atoms with Crippen LogP contribution in [0.1, 0.15) is 64.0 Å².